The number of hydrogen-bond donors (Lipinski definition) is 3. The van der Waals surface area contributed by atoms with E-state index in [4.69, 9.17) is 4.74 Å². The molecule has 7 heteroatoms. The molecule has 0 bridgehead atoms. The van der Waals surface area contributed by atoms with Crippen molar-refractivity contribution >= 4 is 35.6 Å². The van der Waals surface area contributed by atoms with E-state index in [1.54, 1.807) is 0 Å². The first-order chi connectivity index (χ1) is 10.6. The third-order valence-electron chi connectivity index (χ3n) is 3.56. The van der Waals surface area contributed by atoms with Crippen molar-refractivity contribution in [2.45, 2.75) is 32.8 Å². The molecule has 0 radical (unpaired) electrons. The molecule has 0 spiro atoms. The van der Waals surface area contributed by atoms with Crippen LogP contribution in [0.25, 0.3) is 0 Å². The number of morpholine rings is 1. The first kappa shape index (κ1) is 19.4. The van der Waals surface area contributed by atoms with Crippen LogP contribution in [0.2, 0.25) is 0 Å². The number of rotatable bonds is 5. The van der Waals surface area contributed by atoms with Crippen molar-refractivity contribution in [1.29, 1.82) is 0 Å². The number of amides is 2. The summed E-state index contributed by atoms with van der Waals surface area (Å²) < 4.78 is 5.43. The largest absolute Gasteiger partial charge is 0.366 e. The number of carbonyl (C=O) groups is 2. The van der Waals surface area contributed by atoms with Gasteiger partial charge in [-0.05, 0) is 31.0 Å². The lowest BCUT2D eigenvalue weighted by atomic mass is 10.1. The molecule has 1 fully saturated rings. The molecule has 1 heterocycles. The number of carbonyl (C=O) groups excluding carboxylic acids is 2. The van der Waals surface area contributed by atoms with E-state index in [0.29, 0.717) is 25.3 Å². The third kappa shape index (κ3) is 5.49. The Bertz CT molecular complexity index is 545. The van der Waals surface area contributed by atoms with E-state index in [1.165, 1.54) is 0 Å². The monoisotopic (exact) mass is 341 g/mol. The van der Waals surface area contributed by atoms with E-state index in [2.05, 4.69) is 16.0 Å². The van der Waals surface area contributed by atoms with Crippen molar-refractivity contribution in [3.63, 3.8) is 0 Å². The minimum atomic E-state index is -0.480. The molecule has 1 unspecified atom stereocenters. The van der Waals surface area contributed by atoms with Gasteiger partial charge in [0.2, 0.25) is 5.91 Å². The van der Waals surface area contributed by atoms with Gasteiger partial charge in [-0.25, -0.2) is 0 Å². The highest BCUT2D eigenvalue weighted by Gasteiger charge is 2.22. The predicted octanol–water partition coefficient (Wildman–Crippen LogP) is 2.08. The van der Waals surface area contributed by atoms with Gasteiger partial charge in [0.1, 0.15) is 6.10 Å². The highest BCUT2D eigenvalue weighted by Crippen LogP contribution is 2.24. The van der Waals surface area contributed by atoms with Crippen LogP contribution >= 0.6 is 12.4 Å². The van der Waals surface area contributed by atoms with E-state index < -0.39 is 6.10 Å². The fourth-order valence-corrected chi connectivity index (χ4v) is 2.29. The molecule has 128 valence electrons. The molecule has 3 N–H and O–H groups in total. The smallest absolute Gasteiger partial charge is 0.254 e. The van der Waals surface area contributed by atoms with Crippen LogP contribution in [0.3, 0.4) is 0 Å². The maximum Gasteiger partial charge on any atom is 0.254 e. The van der Waals surface area contributed by atoms with E-state index in [1.807, 2.05) is 32.0 Å². The number of nitrogens with one attached hydrogen (secondary N) is 3. The molecule has 0 aliphatic carbocycles. The summed E-state index contributed by atoms with van der Waals surface area (Å²) in [5.41, 5.74) is 2.25. The fourth-order valence-electron chi connectivity index (χ4n) is 2.29. The number of hydrogen-bond acceptors (Lipinski definition) is 4. The van der Waals surface area contributed by atoms with Crippen molar-refractivity contribution in [2.75, 3.05) is 30.3 Å². The molecular formula is C16H24ClN3O3. The SMILES string of the molecule is CCCC(=O)Nc1cccc(NC(=O)C2CNCCO2)c1C.Cl. The average molecular weight is 342 g/mol. The summed E-state index contributed by atoms with van der Waals surface area (Å²) in [5, 5.41) is 8.87. The normalized spacial score (nSPS) is 17.0. The van der Waals surface area contributed by atoms with Crippen molar-refractivity contribution in [2.24, 2.45) is 0 Å². The maximum atomic E-state index is 12.2. The first-order valence-corrected chi connectivity index (χ1v) is 7.64. The van der Waals surface area contributed by atoms with Crippen molar-refractivity contribution in [3.05, 3.63) is 23.8 Å². The van der Waals surface area contributed by atoms with E-state index in [-0.39, 0.29) is 24.2 Å². The summed E-state index contributed by atoms with van der Waals surface area (Å²) in [6.07, 6.45) is 0.803. The molecule has 1 atom stereocenters. The minimum absolute atomic E-state index is 0. The molecule has 1 aromatic carbocycles. The highest BCUT2D eigenvalue weighted by atomic mass is 35.5. The Morgan fingerprint density at radius 2 is 2.00 bits per heavy atom. The van der Waals surface area contributed by atoms with Crippen molar-refractivity contribution in [3.8, 4) is 0 Å². The Hall–Kier alpha value is -1.63. The molecule has 0 aromatic heterocycles. The number of halogens is 1. The van der Waals surface area contributed by atoms with Gasteiger partial charge in [0.05, 0.1) is 6.61 Å². The molecule has 2 rings (SSSR count). The molecule has 1 aromatic rings. The van der Waals surface area contributed by atoms with Crippen LogP contribution in [-0.4, -0.2) is 37.6 Å². The number of ether oxygens (including phenoxy) is 1. The van der Waals surface area contributed by atoms with Gasteiger partial charge in [0.25, 0.3) is 5.91 Å². The van der Waals surface area contributed by atoms with Gasteiger partial charge in [-0.3, -0.25) is 9.59 Å². The predicted molar refractivity (Wildman–Crippen MR) is 93.2 cm³/mol. The second-order valence-corrected chi connectivity index (χ2v) is 5.33. The summed E-state index contributed by atoms with van der Waals surface area (Å²) in [6, 6.07) is 5.46. The Morgan fingerprint density at radius 3 is 2.61 bits per heavy atom. The molecule has 1 saturated heterocycles. The van der Waals surface area contributed by atoms with Crippen LogP contribution in [0, 0.1) is 6.92 Å². The summed E-state index contributed by atoms with van der Waals surface area (Å²) in [4.78, 5) is 23.9. The van der Waals surface area contributed by atoms with Gasteiger partial charge in [-0.15, -0.1) is 12.4 Å². The van der Waals surface area contributed by atoms with E-state index in [9.17, 15) is 9.59 Å². The molecule has 23 heavy (non-hydrogen) atoms. The Kier molecular flexibility index (Phi) is 8.02. The quantitative estimate of drug-likeness (QED) is 0.766. The second kappa shape index (κ2) is 9.50. The van der Waals surface area contributed by atoms with Crippen LogP contribution < -0.4 is 16.0 Å². The first-order valence-electron chi connectivity index (χ1n) is 7.64. The lowest BCUT2D eigenvalue weighted by Crippen LogP contribution is -2.45. The van der Waals surface area contributed by atoms with Gasteiger partial charge in [-0.2, -0.15) is 0 Å². The Morgan fingerprint density at radius 1 is 1.30 bits per heavy atom. The summed E-state index contributed by atoms with van der Waals surface area (Å²) >= 11 is 0. The van der Waals surface area contributed by atoms with Gasteiger partial charge in [0.15, 0.2) is 0 Å². The second-order valence-electron chi connectivity index (χ2n) is 5.33. The fraction of sp³-hybridized carbons (Fsp3) is 0.500. The zero-order valence-electron chi connectivity index (χ0n) is 13.5. The number of anilines is 2. The lowest BCUT2D eigenvalue weighted by molar-refractivity contribution is -0.128. The third-order valence-corrected chi connectivity index (χ3v) is 3.56. The molecular weight excluding hydrogens is 318 g/mol. The zero-order chi connectivity index (χ0) is 15.9. The summed E-state index contributed by atoms with van der Waals surface area (Å²) in [7, 11) is 0. The maximum absolute atomic E-state index is 12.2. The highest BCUT2D eigenvalue weighted by molar-refractivity contribution is 5.97. The van der Waals surface area contributed by atoms with Crippen molar-refractivity contribution in [1.82, 2.24) is 5.32 Å². The minimum Gasteiger partial charge on any atom is -0.366 e. The molecule has 2 amide bonds. The lowest BCUT2D eigenvalue weighted by Gasteiger charge is -2.23. The van der Waals surface area contributed by atoms with Crippen LogP contribution in [0.1, 0.15) is 25.3 Å². The van der Waals surface area contributed by atoms with Crippen LogP contribution in [0.5, 0.6) is 0 Å². The van der Waals surface area contributed by atoms with E-state index in [0.717, 1.165) is 24.2 Å². The van der Waals surface area contributed by atoms with Gasteiger partial charge >= 0.3 is 0 Å². The zero-order valence-corrected chi connectivity index (χ0v) is 14.3. The van der Waals surface area contributed by atoms with Gasteiger partial charge in [-0.1, -0.05) is 13.0 Å². The topological polar surface area (TPSA) is 79.5 Å². The van der Waals surface area contributed by atoms with Gasteiger partial charge < -0.3 is 20.7 Å². The molecule has 1 aliphatic rings. The Balaban J connectivity index is 0.00000264. The van der Waals surface area contributed by atoms with Crippen LogP contribution in [0.15, 0.2) is 18.2 Å². The van der Waals surface area contributed by atoms with Crippen molar-refractivity contribution < 1.29 is 14.3 Å². The number of benzene rings is 1. The van der Waals surface area contributed by atoms with Crippen LogP contribution in [-0.2, 0) is 14.3 Å². The standard InChI is InChI=1S/C16H23N3O3.ClH/c1-3-5-15(20)18-12-6-4-7-13(11(12)2)19-16(21)14-10-17-8-9-22-14;/h4,6-7,14,17H,3,5,8-10H2,1-2H3,(H,18,20)(H,19,21);1H. The summed E-state index contributed by atoms with van der Waals surface area (Å²) in [5.74, 6) is -0.193. The van der Waals surface area contributed by atoms with E-state index >= 15 is 0 Å². The van der Waals surface area contributed by atoms with Gasteiger partial charge in [0, 0.05) is 30.9 Å². The summed E-state index contributed by atoms with van der Waals surface area (Å²) in [6.45, 7) is 5.64. The Labute approximate surface area is 142 Å². The average Bonchev–Trinajstić information content (AvgIpc) is 2.52. The molecule has 1 aliphatic heterocycles. The molecule has 6 nitrogen and oxygen atoms in total. The molecule has 0 saturated carbocycles. The van der Waals surface area contributed by atoms with Crippen LogP contribution in [0.4, 0.5) is 11.4 Å².